The Kier molecular flexibility index (Phi) is 3.81. The largest absolute Gasteiger partial charge is 0.487 e. The van der Waals surface area contributed by atoms with Crippen molar-refractivity contribution in [3.8, 4) is 5.75 Å². The summed E-state index contributed by atoms with van der Waals surface area (Å²) in [5.41, 5.74) is 1.05. The van der Waals surface area contributed by atoms with Crippen LogP contribution in [0.25, 0.3) is 0 Å². The summed E-state index contributed by atoms with van der Waals surface area (Å²) in [6.45, 7) is 1.96. The van der Waals surface area contributed by atoms with Crippen LogP contribution in [0.4, 0.5) is 4.39 Å². The molecule has 0 unspecified atom stereocenters. The van der Waals surface area contributed by atoms with Crippen LogP contribution >= 0.6 is 0 Å². The Hall–Kier alpha value is -1.05. The van der Waals surface area contributed by atoms with Crippen LogP contribution in [-0.2, 0) is 0 Å². The number of aryl methyl sites for hydroxylation is 1. The molecule has 0 radical (unpaired) electrons. The van der Waals surface area contributed by atoms with Gasteiger partial charge in [-0.15, -0.1) is 0 Å². The molecule has 0 N–H and O–H groups in total. The first-order valence-electron chi connectivity index (χ1n) is 6.18. The average Bonchev–Trinajstić information content (AvgIpc) is 2.52. The molecule has 0 heterocycles. The Balaban J connectivity index is 2.04. The van der Waals surface area contributed by atoms with Gasteiger partial charge >= 0.3 is 0 Å². The van der Waals surface area contributed by atoms with Gasteiger partial charge in [0.25, 0.3) is 0 Å². The van der Waals surface area contributed by atoms with Gasteiger partial charge in [-0.2, -0.15) is 0 Å². The summed E-state index contributed by atoms with van der Waals surface area (Å²) in [6.07, 6.45) is 7.32. The fourth-order valence-electron chi connectivity index (χ4n) is 2.24. The fourth-order valence-corrected chi connectivity index (χ4v) is 2.24. The molecule has 0 amide bonds. The van der Waals surface area contributed by atoms with Gasteiger partial charge in [0.05, 0.1) is 6.10 Å². The minimum atomic E-state index is -0.241. The molecule has 0 aromatic heterocycles. The van der Waals surface area contributed by atoms with Crippen molar-refractivity contribution in [2.75, 3.05) is 0 Å². The lowest BCUT2D eigenvalue weighted by Gasteiger charge is -2.17. The summed E-state index contributed by atoms with van der Waals surface area (Å²) in [5, 5.41) is 0. The van der Waals surface area contributed by atoms with Gasteiger partial charge in [0.15, 0.2) is 11.6 Å². The van der Waals surface area contributed by atoms with E-state index in [4.69, 9.17) is 4.74 Å². The Morgan fingerprint density at radius 1 is 1.12 bits per heavy atom. The third-order valence-electron chi connectivity index (χ3n) is 3.18. The van der Waals surface area contributed by atoms with Crippen LogP contribution in [0, 0.1) is 12.7 Å². The predicted octanol–water partition coefficient (Wildman–Crippen LogP) is 4.24. The lowest BCUT2D eigenvalue weighted by atomic mass is 10.1. The molecule has 0 atom stereocenters. The molecule has 1 aliphatic carbocycles. The van der Waals surface area contributed by atoms with Crippen molar-refractivity contribution in [1.82, 2.24) is 0 Å². The number of hydrogen-bond donors (Lipinski definition) is 0. The zero-order chi connectivity index (χ0) is 11.4. The van der Waals surface area contributed by atoms with Gasteiger partial charge in [-0.1, -0.05) is 18.9 Å². The van der Waals surface area contributed by atoms with Gasteiger partial charge in [0, 0.05) is 0 Å². The molecule has 1 fully saturated rings. The highest BCUT2D eigenvalue weighted by Crippen LogP contribution is 2.25. The summed E-state index contributed by atoms with van der Waals surface area (Å²) in [4.78, 5) is 0. The topological polar surface area (TPSA) is 9.23 Å². The van der Waals surface area contributed by atoms with Gasteiger partial charge in [0.1, 0.15) is 0 Å². The Bertz CT molecular complexity index is 341. The molecule has 2 heteroatoms. The highest BCUT2D eigenvalue weighted by atomic mass is 19.1. The van der Waals surface area contributed by atoms with Crippen LogP contribution in [0.3, 0.4) is 0 Å². The van der Waals surface area contributed by atoms with Crippen LogP contribution in [0.5, 0.6) is 5.75 Å². The molecule has 0 bridgehead atoms. The van der Waals surface area contributed by atoms with E-state index >= 15 is 0 Å². The number of ether oxygens (including phenoxy) is 1. The first kappa shape index (κ1) is 11.4. The average molecular weight is 222 g/mol. The van der Waals surface area contributed by atoms with Gasteiger partial charge in [0.2, 0.25) is 0 Å². The minimum Gasteiger partial charge on any atom is -0.487 e. The third-order valence-corrected chi connectivity index (χ3v) is 3.18. The van der Waals surface area contributed by atoms with Crippen molar-refractivity contribution < 1.29 is 9.13 Å². The van der Waals surface area contributed by atoms with Gasteiger partial charge in [-0.05, 0) is 50.3 Å². The monoisotopic (exact) mass is 222 g/mol. The van der Waals surface area contributed by atoms with Crippen molar-refractivity contribution in [3.05, 3.63) is 29.6 Å². The molecule has 1 aromatic rings. The molecule has 1 saturated carbocycles. The van der Waals surface area contributed by atoms with E-state index in [1.54, 1.807) is 12.1 Å². The normalized spacial score (nSPS) is 18.1. The highest BCUT2D eigenvalue weighted by molar-refractivity contribution is 5.29. The van der Waals surface area contributed by atoms with Gasteiger partial charge in [-0.25, -0.2) is 4.39 Å². The maximum Gasteiger partial charge on any atom is 0.165 e. The predicted molar refractivity (Wildman–Crippen MR) is 63.3 cm³/mol. The van der Waals surface area contributed by atoms with Crippen LogP contribution in [0.2, 0.25) is 0 Å². The minimum absolute atomic E-state index is 0.207. The second-order valence-electron chi connectivity index (χ2n) is 4.67. The van der Waals surface area contributed by atoms with Crippen molar-refractivity contribution >= 4 is 0 Å². The molecular weight excluding hydrogens is 203 g/mol. The first-order chi connectivity index (χ1) is 7.75. The summed E-state index contributed by atoms with van der Waals surface area (Å²) < 4.78 is 19.3. The van der Waals surface area contributed by atoms with Crippen molar-refractivity contribution in [3.63, 3.8) is 0 Å². The van der Waals surface area contributed by atoms with Gasteiger partial charge < -0.3 is 4.74 Å². The van der Waals surface area contributed by atoms with E-state index in [-0.39, 0.29) is 11.9 Å². The van der Waals surface area contributed by atoms with E-state index in [1.807, 2.05) is 6.92 Å². The smallest absolute Gasteiger partial charge is 0.165 e. The van der Waals surface area contributed by atoms with E-state index in [0.717, 1.165) is 18.4 Å². The number of halogens is 1. The van der Waals surface area contributed by atoms with E-state index in [2.05, 4.69) is 0 Å². The maximum absolute atomic E-state index is 13.5. The zero-order valence-corrected chi connectivity index (χ0v) is 9.84. The molecule has 88 valence electrons. The van der Waals surface area contributed by atoms with Crippen LogP contribution in [0.15, 0.2) is 18.2 Å². The Morgan fingerprint density at radius 2 is 1.81 bits per heavy atom. The summed E-state index contributed by atoms with van der Waals surface area (Å²) in [7, 11) is 0. The fraction of sp³-hybridized carbons (Fsp3) is 0.571. The lowest BCUT2D eigenvalue weighted by Crippen LogP contribution is -2.15. The quantitative estimate of drug-likeness (QED) is 0.680. The van der Waals surface area contributed by atoms with Crippen LogP contribution in [-0.4, -0.2) is 6.10 Å². The maximum atomic E-state index is 13.5. The molecule has 1 aliphatic rings. The standard InChI is InChI=1S/C14H19FO/c1-11-8-9-13(15)14(10-11)16-12-6-4-2-3-5-7-12/h8-10,12H,2-7H2,1H3. The van der Waals surface area contributed by atoms with E-state index in [0.29, 0.717) is 5.75 Å². The molecule has 0 spiro atoms. The SMILES string of the molecule is Cc1ccc(F)c(OC2CCCCCC2)c1. The third kappa shape index (κ3) is 2.97. The van der Waals surface area contributed by atoms with E-state index in [1.165, 1.54) is 31.7 Å². The molecule has 1 aromatic carbocycles. The molecule has 0 saturated heterocycles. The molecule has 16 heavy (non-hydrogen) atoms. The summed E-state index contributed by atoms with van der Waals surface area (Å²) >= 11 is 0. The van der Waals surface area contributed by atoms with Crippen molar-refractivity contribution in [2.45, 2.75) is 51.6 Å². The number of benzene rings is 1. The summed E-state index contributed by atoms with van der Waals surface area (Å²) in [5.74, 6) is 0.182. The second kappa shape index (κ2) is 5.33. The molecule has 2 rings (SSSR count). The number of rotatable bonds is 2. The van der Waals surface area contributed by atoms with Crippen molar-refractivity contribution in [2.24, 2.45) is 0 Å². The zero-order valence-electron chi connectivity index (χ0n) is 9.84. The van der Waals surface area contributed by atoms with E-state index in [9.17, 15) is 4.39 Å². The second-order valence-corrected chi connectivity index (χ2v) is 4.67. The molecule has 1 nitrogen and oxygen atoms in total. The first-order valence-corrected chi connectivity index (χ1v) is 6.18. The number of hydrogen-bond acceptors (Lipinski definition) is 1. The Labute approximate surface area is 96.6 Å². The van der Waals surface area contributed by atoms with Crippen LogP contribution < -0.4 is 4.74 Å². The molecular formula is C14H19FO. The Morgan fingerprint density at radius 3 is 2.50 bits per heavy atom. The van der Waals surface area contributed by atoms with E-state index < -0.39 is 0 Å². The summed E-state index contributed by atoms with van der Waals surface area (Å²) in [6, 6.07) is 5.05. The lowest BCUT2D eigenvalue weighted by molar-refractivity contribution is 0.176. The van der Waals surface area contributed by atoms with Gasteiger partial charge in [-0.3, -0.25) is 0 Å². The molecule has 0 aliphatic heterocycles. The van der Waals surface area contributed by atoms with Crippen LogP contribution in [0.1, 0.15) is 44.1 Å². The van der Waals surface area contributed by atoms with Crippen molar-refractivity contribution in [1.29, 1.82) is 0 Å². The highest BCUT2D eigenvalue weighted by Gasteiger charge is 2.15.